The first kappa shape index (κ1) is 22.6. The standard InChI is InChI=1S/C21H28ClN3O4S/c1-13-18-17(7-8-25(13)20(26)29-21(2,3)4)19(24(5)23-18)15-9-14(10-16(22)11-15)12-30(6,27)28/h9-11,13H,7-8,12H2,1-6H3. The van der Waals surface area contributed by atoms with E-state index in [1.807, 2.05) is 46.9 Å². The quantitative estimate of drug-likeness (QED) is 0.697. The van der Waals surface area contributed by atoms with E-state index in [1.165, 1.54) is 6.26 Å². The molecule has 1 aliphatic rings. The zero-order chi connectivity index (χ0) is 22.4. The van der Waals surface area contributed by atoms with E-state index < -0.39 is 15.4 Å². The van der Waals surface area contributed by atoms with Crippen LogP contribution in [0.1, 0.15) is 50.6 Å². The van der Waals surface area contributed by atoms with Crippen LogP contribution in [-0.2, 0) is 33.8 Å². The zero-order valence-electron chi connectivity index (χ0n) is 18.2. The zero-order valence-corrected chi connectivity index (χ0v) is 19.8. The number of rotatable bonds is 3. The Labute approximate surface area is 182 Å². The summed E-state index contributed by atoms with van der Waals surface area (Å²) in [5, 5.41) is 5.15. The Morgan fingerprint density at radius 1 is 1.30 bits per heavy atom. The Balaban J connectivity index is 1.99. The summed E-state index contributed by atoms with van der Waals surface area (Å²) in [4.78, 5) is 14.3. The predicted molar refractivity (Wildman–Crippen MR) is 117 cm³/mol. The van der Waals surface area contributed by atoms with Crippen molar-refractivity contribution in [1.29, 1.82) is 0 Å². The van der Waals surface area contributed by atoms with Crippen molar-refractivity contribution in [3.63, 3.8) is 0 Å². The lowest BCUT2D eigenvalue weighted by molar-refractivity contribution is 0.0155. The highest BCUT2D eigenvalue weighted by Crippen LogP contribution is 2.37. The van der Waals surface area contributed by atoms with Crippen LogP contribution in [0.4, 0.5) is 4.79 Å². The average Bonchev–Trinajstić information content (AvgIpc) is 2.88. The number of benzene rings is 1. The second kappa shape index (κ2) is 7.89. The first-order valence-corrected chi connectivity index (χ1v) is 12.2. The molecule has 1 aromatic carbocycles. The molecule has 164 valence electrons. The van der Waals surface area contributed by atoms with Gasteiger partial charge in [-0.25, -0.2) is 13.2 Å². The normalized spacial score (nSPS) is 17.0. The molecule has 0 bridgehead atoms. The van der Waals surface area contributed by atoms with Gasteiger partial charge in [0, 0.05) is 36.0 Å². The van der Waals surface area contributed by atoms with Crippen LogP contribution in [0.15, 0.2) is 18.2 Å². The molecule has 9 heteroatoms. The molecule has 0 saturated carbocycles. The molecule has 1 atom stereocenters. The van der Waals surface area contributed by atoms with Crippen LogP contribution in [0, 0.1) is 0 Å². The van der Waals surface area contributed by atoms with Crippen LogP contribution < -0.4 is 0 Å². The molecule has 0 spiro atoms. The van der Waals surface area contributed by atoms with Gasteiger partial charge in [-0.3, -0.25) is 9.58 Å². The maximum atomic E-state index is 12.6. The number of sulfone groups is 1. The largest absolute Gasteiger partial charge is 0.444 e. The third-order valence-electron chi connectivity index (χ3n) is 4.93. The van der Waals surface area contributed by atoms with Gasteiger partial charge >= 0.3 is 6.09 Å². The Bertz CT molecular complexity index is 1090. The van der Waals surface area contributed by atoms with E-state index in [0.717, 1.165) is 22.5 Å². The van der Waals surface area contributed by atoms with Crippen molar-refractivity contribution < 1.29 is 17.9 Å². The minimum Gasteiger partial charge on any atom is -0.444 e. The fraction of sp³-hybridized carbons (Fsp3) is 0.524. The number of carbonyl (C=O) groups excluding carboxylic acids is 1. The number of aromatic nitrogens is 2. The van der Waals surface area contributed by atoms with Gasteiger partial charge in [0.15, 0.2) is 9.84 Å². The lowest BCUT2D eigenvalue weighted by atomic mass is 9.95. The Morgan fingerprint density at radius 2 is 1.97 bits per heavy atom. The molecule has 0 radical (unpaired) electrons. The van der Waals surface area contributed by atoms with Crippen LogP contribution >= 0.6 is 11.6 Å². The van der Waals surface area contributed by atoms with E-state index >= 15 is 0 Å². The van der Waals surface area contributed by atoms with Crippen LogP contribution in [0.25, 0.3) is 11.3 Å². The molecule has 1 amide bonds. The highest BCUT2D eigenvalue weighted by molar-refractivity contribution is 7.89. The molecular weight excluding hydrogens is 426 g/mol. The van der Waals surface area contributed by atoms with Crippen molar-refractivity contribution >= 4 is 27.5 Å². The number of carbonyl (C=O) groups is 1. The van der Waals surface area contributed by atoms with Crippen molar-refractivity contribution in [3.8, 4) is 11.3 Å². The molecule has 0 fully saturated rings. The summed E-state index contributed by atoms with van der Waals surface area (Å²) in [5.74, 6) is -0.0799. The lowest BCUT2D eigenvalue weighted by Crippen LogP contribution is -2.42. The van der Waals surface area contributed by atoms with Crippen molar-refractivity contribution in [2.24, 2.45) is 7.05 Å². The molecule has 2 aromatic rings. The minimum atomic E-state index is -3.19. The molecule has 3 rings (SSSR count). The van der Waals surface area contributed by atoms with Crippen LogP contribution in [0.3, 0.4) is 0 Å². The fourth-order valence-electron chi connectivity index (χ4n) is 3.85. The molecule has 30 heavy (non-hydrogen) atoms. The second-order valence-corrected chi connectivity index (χ2v) is 11.4. The Hall–Kier alpha value is -2.06. The summed E-state index contributed by atoms with van der Waals surface area (Å²) in [5.41, 5.74) is 3.62. The molecule has 1 unspecified atom stereocenters. The van der Waals surface area contributed by atoms with Gasteiger partial charge in [-0.05, 0) is 57.9 Å². The fourth-order valence-corrected chi connectivity index (χ4v) is 4.88. The first-order valence-electron chi connectivity index (χ1n) is 9.78. The predicted octanol–water partition coefficient (Wildman–Crippen LogP) is 4.14. The molecule has 0 saturated heterocycles. The molecule has 1 aromatic heterocycles. The van der Waals surface area contributed by atoms with Crippen molar-refractivity contribution in [2.45, 2.75) is 51.5 Å². The molecular formula is C21H28ClN3O4S. The van der Waals surface area contributed by atoms with Gasteiger partial charge in [0.05, 0.1) is 23.2 Å². The number of hydrogen-bond acceptors (Lipinski definition) is 5. The number of fused-ring (bicyclic) bond motifs is 1. The van der Waals surface area contributed by atoms with Gasteiger partial charge < -0.3 is 4.74 Å². The van der Waals surface area contributed by atoms with Crippen molar-refractivity contribution in [1.82, 2.24) is 14.7 Å². The minimum absolute atomic E-state index is 0.0799. The molecule has 7 nitrogen and oxygen atoms in total. The highest BCUT2D eigenvalue weighted by atomic mass is 35.5. The summed E-state index contributed by atoms with van der Waals surface area (Å²) in [7, 11) is -1.34. The molecule has 2 heterocycles. The van der Waals surface area contributed by atoms with Crippen LogP contribution in [-0.4, -0.2) is 47.6 Å². The molecule has 0 N–H and O–H groups in total. The number of amides is 1. The van der Waals surface area contributed by atoms with Crippen molar-refractivity contribution in [3.05, 3.63) is 40.0 Å². The highest BCUT2D eigenvalue weighted by Gasteiger charge is 2.35. The number of aryl methyl sites for hydroxylation is 1. The van der Waals surface area contributed by atoms with E-state index in [1.54, 1.807) is 15.6 Å². The summed E-state index contributed by atoms with van der Waals surface area (Å²) in [6.07, 6.45) is 1.47. The number of halogens is 1. The van der Waals surface area contributed by atoms with E-state index in [-0.39, 0.29) is 17.9 Å². The second-order valence-electron chi connectivity index (χ2n) is 8.85. The lowest BCUT2D eigenvalue weighted by Gasteiger charge is -2.34. The van der Waals surface area contributed by atoms with E-state index in [0.29, 0.717) is 23.6 Å². The van der Waals surface area contributed by atoms with Crippen LogP contribution in [0.2, 0.25) is 5.02 Å². The number of nitrogens with zero attached hydrogens (tertiary/aromatic N) is 3. The SMILES string of the molecule is CC1c2nn(C)c(-c3cc(Cl)cc(CS(C)(=O)=O)c3)c2CCN1C(=O)OC(C)(C)C. The Morgan fingerprint density at radius 3 is 2.57 bits per heavy atom. The van der Waals surface area contributed by atoms with Gasteiger partial charge in [0.25, 0.3) is 0 Å². The van der Waals surface area contributed by atoms with Gasteiger partial charge in [0.2, 0.25) is 0 Å². The van der Waals surface area contributed by atoms with Gasteiger partial charge in [-0.15, -0.1) is 0 Å². The Kier molecular flexibility index (Phi) is 5.95. The summed E-state index contributed by atoms with van der Waals surface area (Å²) in [6.45, 7) is 7.98. The number of ether oxygens (including phenoxy) is 1. The summed E-state index contributed by atoms with van der Waals surface area (Å²) in [6, 6.07) is 5.09. The molecule has 1 aliphatic heterocycles. The average molecular weight is 454 g/mol. The monoisotopic (exact) mass is 453 g/mol. The summed E-state index contributed by atoms with van der Waals surface area (Å²) >= 11 is 6.29. The van der Waals surface area contributed by atoms with E-state index in [2.05, 4.69) is 5.10 Å². The van der Waals surface area contributed by atoms with Gasteiger partial charge in [0.1, 0.15) is 5.60 Å². The van der Waals surface area contributed by atoms with Gasteiger partial charge in [-0.1, -0.05) is 11.6 Å². The maximum Gasteiger partial charge on any atom is 0.410 e. The number of hydrogen-bond donors (Lipinski definition) is 0. The topological polar surface area (TPSA) is 81.5 Å². The smallest absolute Gasteiger partial charge is 0.410 e. The first-order chi connectivity index (χ1) is 13.7. The third kappa shape index (κ3) is 4.98. The van der Waals surface area contributed by atoms with Gasteiger partial charge in [-0.2, -0.15) is 5.10 Å². The third-order valence-corrected chi connectivity index (χ3v) is 6.01. The van der Waals surface area contributed by atoms with Crippen molar-refractivity contribution in [2.75, 3.05) is 12.8 Å². The maximum absolute atomic E-state index is 12.6. The molecule has 0 aliphatic carbocycles. The summed E-state index contributed by atoms with van der Waals surface area (Å²) < 4.78 is 30.8. The van der Waals surface area contributed by atoms with E-state index in [4.69, 9.17) is 16.3 Å². The van der Waals surface area contributed by atoms with Crippen LogP contribution in [0.5, 0.6) is 0 Å². The van der Waals surface area contributed by atoms with E-state index in [9.17, 15) is 13.2 Å².